The van der Waals surface area contributed by atoms with E-state index in [1.807, 2.05) is 13.8 Å². The smallest absolute Gasteiger partial charge is 0.239 e. The number of nitrogens with one attached hydrogen (secondary N) is 1. The summed E-state index contributed by atoms with van der Waals surface area (Å²) in [6, 6.07) is -0.187. The lowest BCUT2D eigenvalue weighted by atomic mass is 9.99. The van der Waals surface area contributed by atoms with Gasteiger partial charge < -0.3 is 16.0 Å². The maximum absolute atomic E-state index is 11.9. The normalized spacial score (nSPS) is 18.4. The third-order valence-corrected chi connectivity index (χ3v) is 3.24. The van der Waals surface area contributed by atoms with Crippen LogP contribution in [0.2, 0.25) is 0 Å². The number of carbonyl (C=O) groups is 2. The summed E-state index contributed by atoms with van der Waals surface area (Å²) in [7, 11) is 1.62. The predicted molar refractivity (Wildman–Crippen MR) is 66.2 cm³/mol. The summed E-state index contributed by atoms with van der Waals surface area (Å²) in [4.78, 5) is 24.8. The van der Waals surface area contributed by atoms with Gasteiger partial charge in [-0.1, -0.05) is 20.3 Å². The summed E-state index contributed by atoms with van der Waals surface area (Å²) in [5.41, 5.74) is 5.84. The molecule has 17 heavy (non-hydrogen) atoms. The Kier molecular flexibility index (Phi) is 4.93. The van der Waals surface area contributed by atoms with Crippen LogP contribution in [0.1, 0.15) is 33.1 Å². The lowest BCUT2D eigenvalue weighted by Gasteiger charge is -2.24. The van der Waals surface area contributed by atoms with Gasteiger partial charge in [-0.25, -0.2) is 0 Å². The molecule has 5 nitrogen and oxygen atoms in total. The third-order valence-electron chi connectivity index (χ3n) is 3.24. The molecule has 5 heteroatoms. The lowest BCUT2D eigenvalue weighted by molar-refractivity contribution is -0.136. The van der Waals surface area contributed by atoms with Crippen LogP contribution in [0.15, 0.2) is 0 Å². The van der Waals surface area contributed by atoms with Crippen molar-refractivity contribution < 1.29 is 9.59 Å². The number of hydrogen-bond acceptors (Lipinski definition) is 3. The van der Waals surface area contributed by atoms with Crippen molar-refractivity contribution in [1.82, 2.24) is 10.2 Å². The zero-order valence-electron chi connectivity index (χ0n) is 10.9. The molecule has 0 unspecified atom stereocenters. The largest absolute Gasteiger partial charge is 0.352 e. The summed E-state index contributed by atoms with van der Waals surface area (Å²) < 4.78 is 0. The Hall–Kier alpha value is -1.10. The van der Waals surface area contributed by atoms with Gasteiger partial charge >= 0.3 is 0 Å². The van der Waals surface area contributed by atoms with Crippen molar-refractivity contribution in [3.63, 3.8) is 0 Å². The highest BCUT2D eigenvalue weighted by Crippen LogP contribution is 2.18. The zero-order valence-corrected chi connectivity index (χ0v) is 10.9. The Morgan fingerprint density at radius 1 is 1.47 bits per heavy atom. The fourth-order valence-electron chi connectivity index (χ4n) is 1.55. The number of nitrogens with two attached hydrogens (primary N) is 1. The van der Waals surface area contributed by atoms with E-state index in [-0.39, 0.29) is 24.3 Å². The Balaban J connectivity index is 2.36. The molecule has 0 bridgehead atoms. The van der Waals surface area contributed by atoms with Crippen LogP contribution in [0.25, 0.3) is 0 Å². The van der Waals surface area contributed by atoms with E-state index in [2.05, 4.69) is 5.32 Å². The first-order valence-corrected chi connectivity index (χ1v) is 6.25. The van der Waals surface area contributed by atoms with Gasteiger partial charge in [0.25, 0.3) is 0 Å². The van der Waals surface area contributed by atoms with E-state index in [0.717, 1.165) is 19.3 Å². The monoisotopic (exact) mass is 241 g/mol. The van der Waals surface area contributed by atoms with Crippen LogP contribution in [0.3, 0.4) is 0 Å². The van der Waals surface area contributed by atoms with E-state index in [4.69, 9.17) is 5.73 Å². The average Bonchev–Trinajstić information content (AvgIpc) is 3.09. The van der Waals surface area contributed by atoms with Crippen LogP contribution in [0.5, 0.6) is 0 Å². The first kappa shape index (κ1) is 14.0. The Labute approximate surface area is 103 Å². The van der Waals surface area contributed by atoms with E-state index in [0.29, 0.717) is 6.04 Å². The molecule has 0 aromatic rings. The van der Waals surface area contributed by atoms with Gasteiger partial charge in [0.05, 0.1) is 12.6 Å². The minimum absolute atomic E-state index is 0.0967. The van der Waals surface area contributed by atoms with E-state index in [1.165, 1.54) is 4.90 Å². The van der Waals surface area contributed by atoms with Crippen molar-refractivity contribution in [2.45, 2.75) is 45.2 Å². The van der Waals surface area contributed by atoms with Gasteiger partial charge in [0, 0.05) is 13.1 Å². The molecule has 98 valence electrons. The van der Waals surface area contributed by atoms with Gasteiger partial charge in [0.2, 0.25) is 11.8 Å². The van der Waals surface area contributed by atoms with Crippen LogP contribution in [-0.2, 0) is 9.59 Å². The number of likely N-dealkylation sites (N-methyl/N-ethyl adjacent to an activating group) is 1. The fraction of sp³-hybridized carbons (Fsp3) is 0.833. The summed E-state index contributed by atoms with van der Waals surface area (Å²) in [5, 5.41) is 2.85. The molecule has 0 aliphatic heterocycles. The number of nitrogens with zero attached hydrogens (tertiary/aromatic N) is 1. The number of rotatable bonds is 6. The molecule has 0 aromatic carbocycles. The summed E-state index contributed by atoms with van der Waals surface area (Å²) >= 11 is 0. The maximum Gasteiger partial charge on any atom is 0.239 e. The summed E-state index contributed by atoms with van der Waals surface area (Å²) in [6.45, 7) is 4.04. The molecular weight excluding hydrogens is 218 g/mol. The molecule has 2 atom stereocenters. The standard InChI is InChI=1S/C12H23N3O2/c1-4-8(2)11(13)12(17)15(3)7-10(16)14-9-5-6-9/h8-9,11H,4-7,13H2,1-3H3,(H,14,16)/t8-,11-/m0/s1. The molecule has 1 aliphatic carbocycles. The average molecular weight is 241 g/mol. The predicted octanol–water partition coefficient (Wildman–Crippen LogP) is 0.0968. The van der Waals surface area contributed by atoms with Crippen LogP contribution in [0, 0.1) is 5.92 Å². The van der Waals surface area contributed by atoms with Gasteiger partial charge in [0.1, 0.15) is 0 Å². The van der Waals surface area contributed by atoms with E-state index < -0.39 is 6.04 Å². The topological polar surface area (TPSA) is 75.4 Å². The number of hydrogen-bond donors (Lipinski definition) is 2. The lowest BCUT2D eigenvalue weighted by Crippen LogP contribution is -2.48. The van der Waals surface area contributed by atoms with E-state index in [1.54, 1.807) is 7.05 Å². The van der Waals surface area contributed by atoms with Crippen molar-refractivity contribution in [2.24, 2.45) is 11.7 Å². The maximum atomic E-state index is 11.9. The van der Waals surface area contributed by atoms with Crippen LogP contribution < -0.4 is 11.1 Å². The summed E-state index contributed by atoms with van der Waals surface area (Å²) in [5.74, 6) is -0.124. The quantitative estimate of drug-likeness (QED) is 0.692. The Bertz CT molecular complexity index is 289. The zero-order chi connectivity index (χ0) is 13.0. The van der Waals surface area contributed by atoms with Crippen LogP contribution in [0.4, 0.5) is 0 Å². The molecule has 0 saturated heterocycles. The summed E-state index contributed by atoms with van der Waals surface area (Å²) in [6.07, 6.45) is 2.96. The molecule has 1 fully saturated rings. The molecule has 2 amide bonds. The van der Waals surface area contributed by atoms with Gasteiger partial charge in [-0.3, -0.25) is 9.59 Å². The Morgan fingerprint density at radius 3 is 2.53 bits per heavy atom. The second kappa shape index (κ2) is 6.00. The molecule has 1 aliphatic rings. The van der Waals surface area contributed by atoms with E-state index in [9.17, 15) is 9.59 Å². The van der Waals surface area contributed by atoms with Crippen LogP contribution >= 0.6 is 0 Å². The molecule has 0 heterocycles. The molecule has 0 radical (unpaired) electrons. The molecular formula is C12H23N3O2. The molecule has 0 aromatic heterocycles. The van der Waals surface area contributed by atoms with Crippen molar-refractivity contribution in [3.8, 4) is 0 Å². The SMILES string of the molecule is CC[C@H](C)[C@H](N)C(=O)N(C)CC(=O)NC1CC1. The van der Waals surface area contributed by atoms with Gasteiger partial charge in [-0.2, -0.15) is 0 Å². The second-order valence-electron chi connectivity index (χ2n) is 4.95. The van der Waals surface area contributed by atoms with Crippen molar-refractivity contribution in [1.29, 1.82) is 0 Å². The third kappa shape index (κ3) is 4.34. The van der Waals surface area contributed by atoms with E-state index >= 15 is 0 Å². The highest BCUT2D eigenvalue weighted by atomic mass is 16.2. The van der Waals surface area contributed by atoms with Gasteiger partial charge in [0.15, 0.2) is 0 Å². The van der Waals surface area contributed by atoms with Crippen molar-refractivity contribution >= 4 is 11.8 Å². The number of carbonyl (C=O) groups excluding carboxylic acids is 2. The van der Waals surface area contributed by atoms with Crippen molar-refractivity contribution in [2.75, 3.05) is 13.6 Å². The second-order valence-corrected chi connectivity index (χ2v) is 4.95. The highest BCUT2D eigenvalue weighted by Gasteiger charge is 2.26. The first-order valence-electron chi connectivity index (χ1n) is 6.25. The molecule has 1 rings (SSSR count). The first-order chi connectivity index (χ1) is 7.95. The Morgan fingerprint density at radius 2 is 2.06 bits per heavy atom. The van der Waals surface area contributed by atoms with Gasteiger partial charge in [-0.05, 0) is 18.8 Å². The van der Waals surface area contributed by atoms with Crippen LogP contribution in [-0.4, -0.2) is 42.4 Å². The van der Waals surface area contributed by atoms with Crippen molar-refractivity contribution in [3.05, 3.63) is 0 Å². The minimum atomic E-state index is -0.515. The molecule has 3 N–H and O–H groups in total. The molecule has 0 spiro atoms. The fourth-order valence-corrected chi connectivity index (χ4v) is 1.55. The molecule has 1 saturated carbocycles. The minimum Gasteiger partial charge on any atom is -0.352 e. The highest BCUT2D eigenvalue weighted by molar-refractivity contribution is 5.87. The number of amides is 2. The van der Waals surface area contributed by atoms with Gasteiger partial charge in [-0.15, -0.1) is 0 Å².